The zero-order valence-corrected chi connectivity index (χ0v) is 17.3. The van der Waals surface area contributed by atoms with Crippen LogP contribution in [0.2, 0.25) is 0 Å². The maximum absolute atomic E-state index is 13.0. The van der Waals surface area contributed by atoms with Crippen LogP contribution in [-0.2, 0) is 6.54 Å². The van der Waals surface area contributed by atoms with Crippen molar-refractivity contribution in [3.05, 3.63) is 70.7 Å². The van der Waals surface area contributed by atoms with Gasteiger partial charge in [-0.2, -0.15) is 0 Å². The van der Waals surface area contributed by atoms with Crippen LogP contribution in [0, 0.1) is 20.8 Å². The van der Waals surface area contributed by atoms with Crippen LogP contribution in [-0.4, -0.2) is 39.7 Å². The minimum atomic E-state index is -0.0175. The lowest BCUT2D eigenvalue weighted by Crippen LogP contribution is -2.47. The summed E-state index contributed by atoms with van der Waals surface area (Å²) in [5.41, 5.74) is 3.86. The number of benzene rings is 1. The first kappa shape index (κ1) is 19.5. The molecule has 0 aliphatic carbocycles. The Bertz CT molecular complexity index is 990. The summed E-state index contributed by atoms with van der Waals surface area (Å²) in [5, 5.41) is 7.35. The molecular formula is C23H28N4O2. The quantitative estimate of drug-likeness (QED) is 0.718. The molecule has 0 spiro atoms. The minimum Gasteiger partial charge on any atom is -0.360 e. The minimum absolute atomic E-state index is 0.0175. The zero-order valence-electron chi connectivity index (χ0n) is 17.3. The second-order valence-electron chi connectivity index (χ2n) is 7.95. The highest BCUT2D eigenvalue weighted by Crippen LogP contribution is 2.21. The Balaban J connectivity index is 1.44. The van der Waals surface area contributed by atoms with Crippen LogP contribution >= 0.6 is 0 Å². The number of hydrogen-bond acceptors (Lipinski definition) is 4. The van der Waals surface area contributed by atoms with Crippen molar-refractivity contribution in [3.63, 3.8) is 0 Å². The molecule has 1 unspecified atom stereocenters. The van der Waals surface area contributed by atoms with Gasteiger partial charge in [0, 0.05) is 36.6 Å². The van der Waals surface area contributed by atoms with Crippen molar-refractivity contribution in [1.82, 2.24) is 19.9 Å². The fourth-order valence-corrected chi connectivity index (χ4v) is 4.23. The molecule has 6 nitrogen and oxygen atoms in total. The molecule has 1 N–H and O–H groups in total. The summed E-state index contributed by atoms with van der Waals surface area (Å²) in [7, 11) is 0. The average molecular weight is 393 g/mol. The molecule has 1 saturated heterocycles. The molecule has 1 aliphatic heterocycles. The SMILES string of the molecule is Cc1cc(-n2c(C)cc(C(=O)NC3CCCN(Cc4ccccc4)C3)c2C)no1. The Morgan fingerprint density at radius 3 is 2.72 bits per heavy atom. The number of hydrogen-bond donors (Lipinski definition) is 1. The first-order chi connectivity index (χ1) is 14.0. The predicted molar refractivity (Wildman–Crippen MR) is 112 cm³/mol. The van der Waals surface area contributed by atoms with E-state index in [-0.39, 0.29) is 11.9 Å². The molecule has 2 aromatic heterocycles. The number of carbonyl (C=O) groups excluding carboxylic acids is 1. The Hall–Kier alpha value is -2.86. The lowest BCUT2D eigenvalue weighted by molar-refractivity contribution is 0.0900. The van der Waals surface area contributed by atoms with E-state index in [1.54, 1.807) is 0 Å². The second-order valence-corrected chi connectivity index (χ2v) is 7.95. The first-order valence-electron chi connectivity index (χ1n) is 10.2. The first-order valence-corrected chi connectivity index (χ1v) is 10.2. The van der Waals surface area contributed by atoms with E-state index in [1.165, 1.54) is 5.56 Å². The number of nitrogens with one attached hydrogen (secondary N) is 1. The third-order valence-corrected chi connectivity index (χ3v) is 5.61. The predicted octanol–water partition coefficient (Wildman–Crippen LogP) is 3.78. The summed E-state index contributed by atoms with van der Waals surface area (Å²) < 4.78 is 7.17. The molecule has 1 aromatic carbocycles. The number of carbonyl (C=O) groups is 1. The van der Waals surface area contributed by atoms with E-state index in [1.807, 2.05) is 43.5 Å². The normalized spacial score (nSPS) is 17.4. The van der Waals surface area contributed by atoms with Gasteiger partial charge in [0.1, 0.15) is 5.76 Å². The Morgan fingerprint density at radius 1 is 1.21 bits per heavy atom. The highest BCUT2D eigenvalue weighted by Gasteiger charge is 2.24. The fraction of sp³-hybridized carbons (Fsp3) is 0.391. The summed E-state index contributed by atoms with van der Waals surface area (Å²) >= 11 is 0. The summed E-state index contributed by atoms with van der Waals surface area (Å²) in [5.74, 6) is 1.44. The van der Waals surface area contributed by atoms with Crippen molar-refractivity contribution in [3.8, 4) is 5.82 Å². The molecule has 3 heterocycles. The Kier molecular flexibility index (Phi) is 5.53. The summed E-state index contributed by atoms with van der Waals surface area (Å²) in [6.07, 6.45) is 2.10. The van der Waals surface area contributed by atoms with Gasteiger partial charge in [-0.3, -0.25) is 14.3 Å². The van der Waals surface area contributed by atoms with E-state index >= 15 is 0 Å². The van der Waals surface area contributed by atoms with Gasteiger partial charge >= 0.3 is 0 Å². The number of aryl methyl sites for hydroxylation is 2. The van der Waals surface area contributed by atoms with Crippen LogP contribution < -0.4 is 5.32 Å². The van der Waals surface area contributed by atoms with E-state index < -0.39 is 0 Å². The van der Waals surface area contributed by atoms with E-state index in [0.29, 0.717) is 11.4 Å². The highest BCUT2D eigenvalue weighted by molar-refractivity contribution is 5.96. The summed E-state index contributed by atoms with van der Waals surface area (Å²) in [6.45, 7) is 8.67. The smallest absolute Gasteiger partial charge is 0.253 e. The topological polar surface area (TPSA) is 63.3 Å². The number of nitrogens with zero attached hydrogens (tertiary/aromatic N) is 3. The van der Waals surface area contributed by atoms with Gasteiger partial charge in [-0.1, -0.05) is 35.5 Å². The van der Waals surface area contributed by atoms with Gasteiger partial charge in [-0.05, 0) is 51.8 Å². The number of piperidine rings is 1. The van der Waals surface area contributed by atoms with Gasteiger partial charge in [0.15, 0.2) is 5.82 Å². The van der Waals surface area contributed by atoms with Crippen LogP contribution in [0.3, 0.4) is 0 Å². The van der Waals surface area contributed by atoms with Crippen LogP contribution in [0.1, 0.15) is 45.9 Å². The standard InChI is InChI=1S/C23H28N4O2/c1-16-12-21(18(3)27(16)22-13-17(2)29-25-22)23(28)24-20-10-7-11-26(15-20)14-19-8-5-4-6-9-19/h4-6,8-9,12-13,20H,7,10-11,14-15H2,1-3H3,(H,24,28). The second kappa shape index (κ2) is 8.25. The third kappa shape index (κ3) is 4.27. The molecule has 1 amide bonds. The molecule has 0 saturated carbocycles. The van der Waals surface area contributed by atoms with Gasteiger partial charge in [-0.25, -0.2) is 0 Å². The van der Waals surface area contributed by atoms with Crippen LogP contribution in [0.4, 0.5) is 0 Å². The van der Waals surface area contributed by atoms with E-state index in [2.05, 4.69) is 39.6 Å². The third-order valence-electron chi connectivity index (χ3n) is 5.61. The van der Waals surface area contributed by atoms with Gasteiger partial charge in [0.25, 0.3) is 5.91 Å². The monoisotopic (exact) mass is 392 g/mol. The molecule has 0 bridgehead atoms. The maximum atomic E-state index is 13.0. The highest BCUT2D eigenvalue weighted by atomic mass is 16.5. The molecule has 152 valence electrons. The van der Waals surface area contributed by atoms with Crippen LogP contribution in [0.5, 0.6) is 0 Å². The van der Waals surface area contributed by atoms with Crippen LogP contribution in [0.25, 0.3) is 5.82 Å². The molecule has 6 heteroatoms. The van der Waals surface area contributed by atoms with Crippen LogP contribution in [0.15, 0.2) is 47.0 Å². The molecule has 0 radical (unpaired) electrons. The molecule has 29 heavy (non-hydrogen) atoms. The lowest BCUT2D eigenvalue weighted by Gasteiger charge is -2.33. The Labute approximate surface area is 171 Å². The maximum Gasteiger partial charge on any atom is 0.253 e. The summed E-state index contributed by atoms with van der Waals surface area (Å²) in [4.78, 5) is 15.4. The van der Waals surface area contributed by atoms with Gasteiger partial charge in [0.2, 0.25) is 0 Å². The number of amides is 1. The van der Waals surface area contributed by atoms with Crippen molar-refractivity contribution in [2.24, 2.45) is 0 Å². The molecule has 3 aromatic rings. The number of likely N-dealkylation sites (tertiary alicyclic amines) is 1. The van der Waals surface area contributed by atoms with Crippen molar-refractivity contribution >= 4 is 5.91 Å². The van der Waals surface area contributed by atoms with Crippen molar-refractivity contribution in [2.75, 3.05) is 13.1 Å². The number of aromatic nitrogens is 2. The van der Waals surface area contributed by atoms with Gasteiger partial charge in [-0.15, -0.1) is 0 Å². The van der Waals surface area contributed by atoms with E-state index in [9.17, 15) is 4.79 Å². The van der Waals surface area contributed by atoms with E-state index in [4.69, 9.17) is 4.52 Å². The Morgan fingerprint density at radius 2 is 2.00 bits per heavy atom. The zero-order chi connectivity index (χ0) is 20.4. The molecule has 1 atom stereocenters. The van der Waals surface area contributed by atoms with Gasteiger partial charge < -0.3 is 9.84 Å². The summed E-state index contributed by atoms with van der Waals surface area (Å²) in [6, 6.07) is 14.5. The number of rotatable bonds is 5. The molecular weight excluding hydrogens is 364 g/mol. The largest absolute Gasteiger partial charge is 0.360 e. The van der Waals surface area contributed by atoms with Gasteiger partial charge in [0.05, 0.1) is 5.56 Å². The van der Waals surface area contributed by atoms with Crippen molar-refractivity contribution in [1.29, 1.82) is 0 Å². The molecule has 4 rings (SSSR count). The van der Waals surface area contributed by atoms with Crippen molar-refractivity contribution < 1.29 is 9.32 Å². The van der Waals surface area contributed by atoms with Crippen molar-refractivity contribution in [2.45, 2.75) is 46.2 Å². The molecule has 1 fully saturated rings. The molecule has 1 aliphatic rings. The fourth-order valence-electron chi connectivity index (χ4n) is 4.23. The lowest BCUT2D eigenvalue weighted by atomic mass is 10.0. The van der Waals surface area contributed by atoms with E-state index in [0.717, 1.165) is 49.6 Å². The average Bonchev–Trinajstić information content (AvgIpc) is 3.25.